The van der Waals surface area contributed by atoms with E-state index < -0.39 is 5.97 Å². The highest BCUT2D eigenvalue weighted by Gasteiger charge is 2.25. The number of pyridine rings is 1. The molecule has 0 spiro atoms. The lowest BCUT2D eigenvalue weighted by molar-refractivity contribution is -0.136. The van der Waals surface area contributed by atoms with Crippen LogP contribution in [0.15, 0.2) is 48.5 Å². The molecule has 0 amide bonds. The van der Waals surface area contributed by atoms with Crippen molar-refractivity contribution in [2.75, 3.05) is 13.1 Å². The van der Waals surface area contributed by atoms with Gasteiger partial charge in [-0.15, -0.1) is 0 Å². The molecule has 1 aliphatic rings. The van der Waals surface area contributed by atoms with E-state index in [0.717, 1.165) is 72.0 Å². The van der Waals surface area contributed by atoms with Crippen molar-refractivity contribution < 1.29 is 9.90 Å². The highest BCUT2D eigenvalue weighted by molar-refractivity contribution is 6.30. The number of nitrogens with zero attached hydrogens (tertiary/aromatic N) is 2. The molecule has 0 saturated heterocycles. The Balaban J connectivity index is 1.59. The third-order valence-corrected chi connectivity index (χ3v) is 6.51. The minimum atomic E-state index is -0.821. The molecule has 1 aromatic heterocycles. The van der Waals surface area contributed by atoms with Crippen LogP contribution in [-0.2, 0) is 30.6 Å². The molecule has 166 valence electrons. The Labute approximate surface area is 194 Å². The monoisotopic (exact) mass is 448 g/mol. The van der Waals surface area contributed by atoms with Gasteiger partial charge < -0.3 is 5.11 Å². The topological polar surface area (TPSA) is 53.4 Å². The van der Waals surface area contributed by atoms with Crippen LogP contribution >= 0.6 is 11.6 Å². The molecule has 0 radical (unpaired) electrons. The quantitative estimate of drug-likeness (QED) is 0.508. The number of fused-ring (bicyclic) bond motifs is 1. The van der Waals surface area contributed by atoms with E-state index in [9.17, 15) is 9.90 Å². The first kappa shape index (κ1) is 22.5. The smallest absolute Gasteiger partial charge is 0.307 e. The number of rotatable bonds is 7. The number of benzene rings is 2. The highest BCUT2D eigenvalue weighted by Crippen LogP contribution is 2.35. The SMILES string of the molecule is Cc1ccc(-c2c(CC(=O)O)c(C)nc3c2CN(CCCc2ccc(Cl)cc2)CC3)cc1. The van der Waals surface area contributed by atoms with Gasteiger partial charge in [0.1, 0.15) is 0 Å². The molecule has 0 bridgehead atoms. The van der Waals surface area contributed by atoms with Crippen LogP contribution in [0.25, 0.3) is 11.1 Å². The standard InChI is InChI=1S/C27H29ClN2O2/c1-18-5-9-21(10-6-18)27-23(16-26(31)32)19(2)29-25-13-15-30(17-24(25)27)14-3-4-20-7-11-22(28)12-8-20/h5-12H,3-4,13-17H2,1-2H3,(H,31,32). The van der Waals surface area contributed by atoms with Crippen molar-refractivity contribution in [3.05, 3.63) is 87.2 Å². The van der Waals surface area contributed by atoms with E-state index in [1.807, 2.05) is 19.1 Å². The van der Waals surface area contributed by atoms with E-state index in [-0.39, 0.29) is 6.42 Å². The summed E-state index contributed by atoms with van der Waals surface area (Å²) in [4.78, 5) is 18.9. The summed E-state index contributed by atoms with van der Waals surface area (Å²) < 4.78 is 0. The van der Waals surface area contributed by atoms with Gasteiger partial charge in [-0.25, -0.2) is 0 Å². The summed E-state index contributed by atoms with van der Waals surface area (Å²) >= 11 is 5.99. The van der Waals surface area contributed by atoms with Gasteiger partial charge >= 0.3 is 5.97 Å². The molecular weight excluding hydrogens is 420 g/mol. The van der Waals surface area contributed by atoms with E-state index in [4.69, 9.17) is 16.6 Å². The molecule has 0 unspecified atom stereocenters. The number of aryl methyl sites for hydroxylation is 3. The number of aliphatic carboxylic acids is 1. The molecule has 4 nitrogen and oxygen atoms in total. The first-order chi connectivity index (χ1) is 15.4. The first-order valence-electron chi connectivity index (χ1n) is 11.2. The van der Waals surface area contributed by atoms with Crippen molar-refractivity contribution in [1.82, 2.24) is 9.88 Å². The number of hydrogen-bond acceptors (Lipinski definition) is 3. The molecule has 3 aromatic rings. The lowest BCUT2D eigenvalue weighted by Crippen LogP contribution is -2.33. The van der Waals surface area contributed by atoms with E-state index in [0.29, 0.717) is 0 Å². The summed E-state index contributed by atoms with van der Waals surface area (Å²) in [6, 6.07) is 16.5. The van der Waals surface area contributed by atoms with Crippen molar-refractivity contribution in [3.8, 4) is 11.1 Å². The van der Waals surface area contributed by atoms with Crippen LogP contribution in [0.1, 0.15) is 40.1 Å². The van der Waals surface area contributed by atoms with Crippen molar-refractivity contribution in [3.63, 3.8) is 0 Å². The largest absolute Gasteiger partial charge is 0.481 e. The molecular formula is C27H29ClN2O2. The fourth-order valence-corrected chi connectivity index (χ4v) is 4.70. The lowest BCUT2D eigenvalue weighted by atomic mass is 9.88. The van der Waals surface area contributed by atoms with Crippen molar-refractivity contribution in [2.24, 2.45) is 0 Å². The average molecular weight is 449 g/mol. The van der Waals surface area contributed by atoms with Crippen LogP contribution in [0.3, 0.4) is 0 Å². The number of carbonyl (C=O) groups is 1. The molecule has 0 aliphatic carbocycles. The maximum atomic E-state index is 11.6. The molecule has 2 heterocycles. The summed E-state index contributed by atoms with van der Waals surface area (Å²) in [5, 5.41) is 10.3. The first-order valence-corrected chi connectivity index (χ1v) is 11.6. The number of carboxylic acids is 1. The van der Waals surface area contributed by atoms with Gasteiger partial charge in [-0.3, -0.25) is 14.7 Å². The van der Waals surface area contributed by atoms with Crippen LogP contribution in [0, 0.1) is 13.8 Å². The highest BCUT2D eigenvalue weighted by atomic mass is 35.5. The normalized spacial score (nSPS) is 13.7. The Morgan fingerprint density at radius 1 is 1.09 bits per heavy atom. The van der Waals surface area contributed by atoms with Crippen LogP contribution < -0.4 is 0 Å². The molecule has 0 saturated carbocycles. The average Bonchev–Trinajstić information content (AvgIpc) is 2.76. The third-order valence-electron chi connectivity index (χ3n) is 6.26. The van der Waals surface area contributed by atoms with Gasteiger partial charge in [-0.05, 0) is 73.2 Å². The zero-order valence-corrected chi connectivity index (χ0v) is 19.5. The Morgan fingerprint density at radius 3 is 2.50 bits per heavy atom. The van der Waals surface area contributed by atoms with Crippen LogP contribution in [-0.4, -0.2) is 34.0 Å². The molecule has 0 fully saturated rings. The predicted molar refractivity (Wildman–Crippen MR) is 129 cm³/mol. The molecule has 2 aromatic carbocycles. The summed E-state index contributed by atoms with van der Waals surface area (Å²) in [7, 11) is 0. The molecule has 0 atom stereocenters. The van der Waals surface area contributed by atoms with E-state index in [2.05, 4.69) is 48.2 Å². The van der Waals surface area contributed by atoms with Crippen molar-refractivity contribution >= 4 is 17.6 Å². The number of aromatic nitrogens is 1. The summed E-state index contributed by atoms with van der Waals surface area (Å²) in [5.74, 6) is -0.821. The van der Waals surface area contributed by atoms with Gasteiger partial charge in [0.05, 0.1) is 6.42 Å². The fourth-order valence-electron chi connectivity index (χ4n) is 4.57. The lowest BCUT2D eigenvalue weighted by Gasteiger charge is -2.31. The Kier molecular flexibility index (Phi) is 6.92. The van der Waals surface area contributed by atoms with Gasteiger partial charge in [0.25, 0.3) is 0 Å². The minimum Gasteiger partial charge on any atom is -0.481 e. The van der Waals surface area contributed by atoms with E-state index in [1.54, 1.807) is 0 Å². The molecule has 5 heteroatoms. The summed E-state index contributed by atoms with van der Waals surface area (Å²) in [6.07, 6.45) is 2.97. The predicted octanol–water partition coefficient (Wildman–Crippen LogP) is 5.64. The maximum Gasteiger partial charge on any atom is 0.307 e. The fraction of sp³-hybridized carbons (Fsp3) is 0.333. The van der Waals surface area contributed by atoms with Gasteiger partial charge in [-0.2, -0.15) is 0 Å². The zero-order chi connectivity index (χ0) is 22.7. The Hall–Kier alpha value is -2.69. The Bertz CT molecular complexity index is 1110. The Morgan fingerprint density at radius 2 is 1.81 bits per heavy atom. The van der Waals surface area contributed by atoms with Crippen LogP contribution in [0.4, 0.5) is 0 Å². The third kappa shape index (κ3) is 5.20. The molecule has 1 N–H and O–H groups in total. The van der Waals surface area contributed by atoms with E-state index in [1.165, 1.54) is 16.7 Å². The summed E-state index contributed by atoms with van der Waals surface area (Å²) in [6.45, 7) is 6.79. The van der Waals surface area contributed by atoms with Gasteiger partial charge in [0.15, 0.2) is 0 Å². The van der Waals surface area contributed by atoms with Crippen molar-refractivity contribution in [2.45, 2.75) is 46.1 Å². The maximum absolute atomic E-state index is 11.6. The molecule has 4 rings (SSSR count). The molecule has 1 aliphatic heterocycles. The second-order valence-corrected chi connectivity index (χ2v) is 9.11. The second kappa shape index (κ2) is 9.85. The van der Waals surface area contributed by atoms with Gasteiger partial charge in [-0.1, -0.05) is 53.6 Å². The van der Waals surface area contributed by atoms with Crippen LogP contribution in [0.2, 0.25) is 5.02 Å². The number of halogens is 1. The zero-order valence-electron chi connectivity index (χ0n) is 18.7. The second-order valence-electron chi connectivity index (χ2n) is 8.67. The number of carboxylic acid groups (broad SMARTS) is 1. The van der Waals surface area contributed by atoms with Gasteiger partial charge in [0, 0.05) is 35.9 Å². The molecule has 32 heavy (non-hydrogen) atoms. The van der Waals surface area contributed by atoms with E-state index >= 15 is 0 Å². The van der Waals surface area contributed by atoms with Crippen molar-refractivity contribution in [1.29, 1.82) is 0 Å². The van der Waals surface area contributed by atoms with Crippen LogP contribution in [0.5, 0.6) is 0 Å². The number of hydrogen-bond donors (Lipinski definition) is 1. The minimum absolute atomic E-state index is 0.00805. The summed E-state index contributed by atoms with van der Waals surface area (Å²) in [5.41, 5.74) is 8.61. The van der Waals surface area contributed by atoms with Gasteiger partial charge in [0.2, 0.25) is 0 Å².